The number of rotatable bonds is 3. The van der Waals surface area contributed by atoms with E-state index >= 15 is 0 Å². The number of phenols is 1. The fourth-order valence-electron chi connectivity index (χ4n) is 1.23. The highest BCUT2D eigenvalue weighted by Crippen LogP contribution is 2.24. The smallest absolute Gasteiger partial charge is 0.254 e. The highest BCUT2D eigenvalue weighted by molar-refractivity contribution is 9.10. The van der Waals surface area contributed by atoms with Crippen LogP contribution in [0, 0.1) is 0 Å². The standard InChI is InChI=1S/C11H13BrN2O3/c1-13-10(16)6-14(2)11(17)7-3-4-8(12)9(15)5-7/h3-5,15H,6H2,1-2H3,(H,13,16). The van der Waals surface area contributed by atoms with Crippen LogP contribution in [0.5, 0.6) is 5.75 Å². The number of carbonyl (C=O) groups excluding carboxylic acids is 2. The van der Waals surface area contributed by atoms with E-state index in [2.05, 4.69) is 21.2 Å². The first-order valence-electron chi connectivity index (χ1n) is 4.90. The molecule has 5 nitrogen and oxygen atoms in total. The lowest BCUT2D eigenvalue weighted by molar-refractivity contribution is -0.121. The average molecular weight is 301 g/mol. The average Bonchev–Trinajstić information content (AvgIpc) is 2.31. The number of phenolic OH excluding ortho intramolecular Hbond substituents is 1. The van der Waals surface area contributed by atoms with Crippen LogP contribution < -0.4 is 5.32 Å². The number of hydrogen-bond donors (Lipinski definition) is 2. The molecule has 17 heavy (non-hydrogen) atoms. The second-order valence-electron chi connectivity index (χ2n) is 3.50. The molecule has 0 bridgehead atoms. The van der Waals surface area contributed by atoms with Crippen molar-refractivity contribution in [3.05, 3.63) is 28.2 Å². The third-order valence-electron chi connectivity index (χ3n) is 2.20. The van der Waals surface area contributed by atoms with E-state index in [0.717, 1.165) is 0 Å². The number of halogens is 1. The molecule has 0 spiro atoms. The van der Waals surface area contributed by atoms with Gasteiger partial charge in [0.25, 0.3) is 5.91 Å². The van der Waals surface area contributed by atoms with Gasteiger partial charge >= 0.3 is 0 Å². The van der Waals surface area contributed by atoms with Crippen molar-refractivity contribution in [3.63, 3.8) is 0 Å². The third-order valence-corrected chi connectivity index (χ3v) is 2.87. The second-order valence-corrected chi connectivity index (χ2v) is 4.35. The third kappa shape index (κ3) is 3.45. The summed E-state index contributed by atoms with van der Waals surface area (Å²) in [5.41, 5.74) is 0.331. The van der Waals surface area contributed by atoms with Crippen molar-refractivity contribution in [2.75, 3.05) is 20.6 Å². The van der Waals surface area contributed by atoms with E-state index in [4.69, 9.17) is 0 Å². The van der Waals surface area contributed by atoms with Crippen molar-refractivity contribution in [1.29, 1.82) is 0 Å². The van der Waals surface area contributed by atoms with E-state index in [-0.39, 0.29) is 24.1 Å². The second kappa shape index (κ2) is 5.67. The Balaban J connectivity index is 2.81. The highest BCUT2D eigenvalue weighted by atomic mass is 79.9. The van der Waals surface area contributed by atoms with Gasteiger partial charge in [-0.1, -0.05) is 0 Å². The van der Waals surface area contributed by atoms with Crippen LogP contribution in [0.3, 0.4) is 0 Å². The van der Waals surface area contributed by atoms with Gasteiger partial charge in [0, 0.05) is 19.7 Å². The molecule has 92 valence electrons. The number of amides is 2. The first-order chi connectivity index (χ1) is 7.95. The van der Waals surface area contributed by atoms with E-state index < -0.39 is 0 Å². The van der Waals surface area contributed by atoms with Crippen LogP contribution >= 0.6 is 15.9 Å². The molecule has 6 heteroatoms. The maximum absolute atomic E-state index is 11.9. The van der Waals surface area contributed by atoms with Crippen molar-refractivity contribution in [2.45, 2.75) is 0 Å². The molecular weight excluding hydrogens is 288 g/mol. The minimum atomic E-state index is -0.323. The maximum Gasteiger partial charge on any atom is 0.254 e. The highest BCUT2D eigenvalue weighted by Gasteiger charge is 2.15. The van der Waals surface area contributed by atoms with Crippen LogP contribution in [-0.2, 0) is 4.79 Å². The Labute approximate surface area is 108 Å². The molecule has 0 unspecified atom stereocenters. The first-order valence-corrected chi connectivity index (χ1v) is 5.69. The summed E-state index contributed by atoms with van der Waals surface area (Å²) in [6.45, 7) is -0.0217. The maximum atomic E-state index is 11.9. The summed E-state index contributed by atoms with van der Waals surface area (Å²) in [5.74, 6) is -0.581. The molecule has 0 atom stereocenters. The Morgan fingerprint density at radius 2 is 2.12 bits per heavy atom. The molecule has 2 N–H and O–H groups in total. The molecule has 0 saturated carbocycles. The number of nitrogens with one attached hydrogen (secondary N) is 1. The van der Waals surface area contributed by atoms with Gasteiger partial charge in [0.05, 0.1) is 11.0 Å². The van der Waals surface area contributed by atoms with Gasteiger partial charge in [-0.2, -0.15) is 0 Å². The monoisotopic (exact) mass is 300 g/mol. The Morgan fingerprint density at radius 1 is 1.47 bits per heavy atom. The van der Waals surface area contributed by atoms with Gasteiger partial charge in [0.1, 0.15) is 5.75 Å². The topological polar surface area (TPSA) is 69.6 Å². The first kappa shape index (κ1) is 13.5. The van der Waals surface area contributed by atoms with Gasteiger partial charge < -0.3 is 15.3 Å². The lowest BCUT2D eigenvalue weighted by Crippen LogP contribution is -2.36. The predicted molar refractivity (Wildman–Crippen MR) is 66.8 cm³/mol. The number of nitrogens with zero attached hydrogens (tertiary/aromatic N) is 1. The zero-order chi connectivity index (χ0) is 13.0. The van der Waals surface area contributed by atoms with Crippen LogP contribution in [0.2, 0.25) is 0 Å². The number of hydrogen-bond acceptors (Lipinski definition) is 3. The molecule has 1 aromatic rings. The van der Waals surface area contributed by atoms with Crippen molar-refractivity contribution < 1.29 is 14.7 Å². The van der Waals surface area contributed by atoms with Gasteiger partial charge in [-0.3, -0.25) is 9.59 Å². The molecule has 0 saturated heterocycles. The predicted octanol–water partition coefficient (Wildman–Crippen LogP) is 0.973. The summed E-state index contributed by atoms with van der Waals surface area (Å²) in [7, 11) is 3.03. The van der Waals surface area contributed by atoms with Gasteiger partial charge in [0.2, 0.25) is 5.91 Å². The molecule has 1 aromatic carbocycles. The Kier molecular flexibility index (Phi) is 4.51. The summed E-state index contributed by atoms with van der Waals surface area (Å²) in [4.78, 5) is 24.3. The molecule has 0 heterocycles. The zero-order valence-electron chi connectivity index (χ0n) is 9.53. The van der Waals surface area contributed by atoms with Crippen molar-refractivity contribution in [1.82, 2.24) is 10.2 Å². The summed E-state index contributed by atoms with van der Waals surface area (Å²) < 4.78 is 0.517. The quantitative estimate of drug-likeness (QED) is 0.874. The molecule has 0 aliphatic heterocycles. The van der Waals surface area contributed by atoms with Crippen LogP contribution in [-0.4, -0.2) is 42.5 Å². The molecular formula is C11H13BrN2O3. The van der Waals surface area contributed by atoms with Gasteiger partial charge in [0.15, 0.2) is 0 Å². The van der Waals surface area contributed by atoms with Crippen molar-refractivity contribution in [3.8, 4) is 5.75 Å². The van der Waals surface area contributed by atoms with Crippen molar-refractivity contribution in [2.24, 2.45) is 0 Å². The van der Waals surface area contributed by atoms with E-state index in [1.807, 2.05) is 0 Å². The van der Waals surface area contributed by atoms with Crippen molar-refractivity contribution >= 4 is 27.7 Å². The Bertz CT molecular complexity index is 448. The van der Waals surface area contributed by atoms with E-state index in [0.29, 0.717) is 10.0 Å². The normalized spacial score (nSPS) is 9.82. The van der Waals surface area contributed by atoms with Gasteiger partial charge in [-0.05, 0) is 34.1 Å². The van der Waals surface area contributed by atoms with Gasteiger partial charge in [-0.15, -0.1) is 0 Å². The minimum absolute atomic E-state index is 0.0100. The number of aromatic hydroxyl groups is 1. The molecule has 2 amide bonds. The lowest BCUT2D eigenvalue weighted by Gasteiger charge is -2.16. The lowest BCUT2D eigenvalue weighted by atomic mass is 10.2. The molecule has 0 aliphatic rings. The Hall–Kier alpha value is -1.56. The summed E-state index contributed by atoms with van der Waals surface area (Å²) in [6.07, 6.45) is 0. The fourth-order valence-corrected chi connectivity index (χ4v) is 1.48. The van der Waals surface area contributed by atoms with Crippen LogP contribution in [0.15, 0.2) is 22.7 Å². The fraction of sp³-hybridized carbons (Fsp3) is 0.273. The molecule has 0 fully saturated rings. The van der Waals surface area contributed by atoms with E-state index in [1.54, 1.807) is 12.1 Å². The van der Waals surface area contributed by atoms with Crippen LogP contribution in [0.25, 0.3) is 0 Å². The van der Waals surface area contributed by atoms with Gasteiger partial charge in [-0.25, -0.2) is 0 Å². The number of likely N-dealkylation sites (N-methyl/N-ethyl adjacent to an activating group) is 2. The number of benzene rings is 1. The number of carbonyl (C=O) groups is 2. The summed E-state index contributed by atoms with van der Waals surface area (Å²) >= 11 is 3.13. The Morgan fingerprint density at radius 3 is 2.65 bits per heavy atom. The molecule has 1 rings (SSSR count). The van der Waals surface area contributed by atoms with Crippen LogP contribution in [0.4, 0.5) is 0 Å². The van der Waals surface area contributed by atoms with E-state index in [9.17, 15) is 14.7 Å². The van der Waals surface area contributed by atoms with Crippen LogP contribution in [0.1, 0.15) is 10.4 Å². The van der Waals surface area contributed by atoms with E-state index in [1.165, 1.54) is 25.1 Å². The summed E-state index contributed by atoms with van der Waals surface area (Å²) in [5, 5.41) is 11.9. The SMILES string of the molecule is CNC(=O)CN(C)C(=O)c1ccc(Br)c(O)c1. The zero-order valence-corrected chi connectivity index (χ0v) is 11.1. The summed E-state index contributed by atoms with van der Waals surface area (Å²) in [6, 6.07) is 4.51. The minimum Gasteiger partial charge on any atom is -0.507 e. The molecule has 0 aromatic heterocycles. The molecule has 0 aliphatic carbocycles. The molecule has 0 radical (unpaired) electrons. The largest absolute Gasteiger partial charge is 0.507 e.